The second-order valence-corrected chi connectivity index (χ2v) is 5.83. The van der Waals surface area contributed by atoms with Crippen LogP contribution in [0.4, 0.5) is 8.78 Å². The number of benzene rings is 1. The molecule has 2 heterocycles. The topological polar surface area (TPSA) is 69.3 Å². The van der Waals surface area contributed by atoms with Crippen molar-refractivity contribution in [1.29, 1.82) is 0 Å². The van der Waals surface area contributed by atoms with E-state index in [0.717, 1.165) is 23.9 Å². The highest BCUT2D eigenvalue weighted by atomic mass is 19.1. The van der Waals surface area contributed by atoms with E-state index in [1.165, 1.54) is 9.80 Å². The van der Waals surface area contributed by atoms with Gasteiger partial charge in [-0.05, 0) is 18.2 Å². The number of nitrogens with zero attached hydrogens (tertiary/aromatic N) is 3. The van der Waals surface area contributed by atoms with Crippen molar-refractivity contribution in [2.45, 2.75) is 13.0 Å². The fourth-order valence-corrected chi connectivity index (χ4v) is 2.69. The molecule has 2 amide bonds. The van der Waals surface area contributed by atoms with Gasteiger partial charge < -0.3 is 9.80 Å². The number of carbonyl (C=O) groups excluding carboxylic acids is 2. The molecule has 2 aromatic rings. The molecule has 3 rings (SSSR count). The maximum Gasteiger partial charge on any atom is 0.274 e. The molecule has 8 heteroatoms. The third kappa shape index (κ3) is 2.75. The average Bonchev–Trinajstić information content (AvgIpc) is 2.98. The summed E-state index contributed by atoms with van der Waals surface area (Å²) in [5, 5.41) is 6.84. The number of amides is 2. The molecule has 0 fully saturated rings. The maximum atomic E-state index is 13.8. The Hall–Kier alpha value is -2.77. The van der Waals surface area contributed by atoms with Gasteiger partial charge in [0.25, 0.3) is 11.8 Å². The van der Waals surface area contributed by atoms with E-state index in [1.807, 2.05) is 0 Å². The molecule has 0 radical (unpaired) electrons. The first kappa shape index (κ1) is 16.1. The van der Waals surface area contributed by atoms with Gasteiger partial charge >= 0.3 is 0 Å². The van der Waals surface area contributed by atoms with E-state index in [-0.39, 0.29) is 23.7 Å². The second-order valence-electron chi connectivity index (χ2n) is 5.83. The number of fused-ring (bicyclic) bond motifs is 1. The molecule has 0 atom stereocenters. The number of rotatable bonds is 2. The summed E-state index contributed by atoms with van der Waals surface area (Å²) in [5.74, 6) is -2.34. The van der Waals surface area contributed by atoms with Crippen LogP contribution in [0.1, 0.15) is 32.1 Å². The summed E-state index contributed by atoms with van der Waals surface area (Å²) >= 11 is 0. The first-order valence-corrected chi connectivity index (χ1v) is 7.40. The van der Waals surface area contributed by atoms with Gasteiger partial charge in [0, 0.05) is 38.3 Å². The molecule has 1 aliphatic rings. The Morgan fingerprint density at radius 1 is 1.29 bits per heavy atom. The van der Waals surface area contributed by atoms with Crippen LogP contribution in [0.2, 0.25) is 0 Å². The largest absolute Gasteiger partial charge is 0.343 e. The van der Waals surface area contributed by atoms with Gasteiger partial charge in [0.05, 0.1) is 12.1 Å². The van der Waals surface area contributed by atoms with Crippen LogP contribution in [-0.2, 0) is 13.0 Å². The predicted octanol–water partition coefficient (Wildman–Crippen LogP) is 1.59. The number of aromatic nitrogens is 2. The summed E-state index contributed by atoms with van der Waals surface area (Å²) in [7, 11) is 3.22. The molecule has 0 saturated heterocycles. The lowest BCUT2D eigenvalue weighted by molar-refractivity contribution is 0.0721. The number of halogens is 2. The van der Waals surface area contributed by atoms with Crippen LogP contribution in [0.5, 0.6) is 0 Å². The van der Waals surface area contributed by atoms with Gasteiger partial charge in [-0.1, -0.05) is 0 Å². The minimum atomic E-state index is -0.774. The molecule has 24 heavy (non-hydrogen) atoms. The number of aromatic amines is 1. The zero-order chi connectivity index (χ0) is 17.4. The second kappa shape index (κ2) is 6.03. The van der Waals surface area contributed by atoms with Crippen LogP contribution in [0.15, 0.2) is 18.2 Å². The molecule has 1 aromatic heterocycles. The molecular formula is C16H16F2N4O2. The summed E-state index contributed by atoms with van der Waals surface area (Å²) < 4.78 is 27.2. The van der Waals surface area contributed by atoms with Crippen molar-refractivity contribution >= 4 is 11.8 Å². The maximum absolute atomic E-state index is 13.8. The molecule has 6 nitrogen and oxygen atoms in total. The first-order valence-electron chi connectivity index (χ1n) is 7.40. The van der Waals surface area contributed by atoms with Crippen LogP contribution in [0, 0.1) is 11.6 Å². The third-order valence-corrected chi connectivity index (χ3v) is 3.99. The highest BCUT2D eigenvalue weighted by molar-refractivity contribution is 5.96. The Labute approximate surface area is 137 Å². The number of H-pyrrole nitrogens is 1. The predicted molar refractivity (Wildman–Crippen MR) is 81.4 cm³/mol. The van der Waals surface area contributed by atoms with E-state index in [0.29, 0.717) is 18.5 Å². The number of nitrogens with one attached hydrogen (secondary N) is 1. The van der Waals surface area contributed by atoms with Crippen LogP contribution in [-0.4, -0.2) is 52.5 Å². The molecule has 0 aliphatic carbocycles. The number of hydrogen-bond acceptors (Lipinski definition) is 3. The monoisotopic (exact) mass is 334 g/mol. The number of hydrogen-bond donors (Lipinski definition) is 1. The van der Waals surface area contributed by atoms with E-state index in [1.54, 1.807) is 14.1 Å². The van der Waals surface area contributed by atoms with Gasteiger partial charge in [0.15, 0.2) is 5.69 Å². The summed E-state index contributed by atoms with van der Waals surface area (Å²) in [5.41, 5.74) is 1.32. The summed E-state index contributed by atoms with van der Waals surface area (Å²) in [6.45, 7) is 0.453. The van der Waals surface area contributed by atoms with Gasteiger partial charge in [-0.2, -0.15) is 5.10 Å². The van der Waals surface area contributed by atoms with Gasteiger partial charge in [0.1, 0.15) is 11.6 Å². The zero-order valence-electron chi connectivity index (χ0n) is 13.3. The van der Waals surface area contributed by atoms with E-state index in [9.17, 15) is 18.4 Å². The Morgan fingerprint density at radius 2 is 2.04 bits per heavy atom. The van der Waals surface area contributed by atoms with E-state index in [2.05, 4.69) is 10.2 Å². The van der Waals surface area contributed by atoms with E-state index >= 15 is 0 Å². The van der Waals surface area contributed by atoms with Crippen molar-refractivity contribution in [3.8, 4) is 0 Å². The smallest absolute Gasteiger partial charge is 0.274 e. The Kier molecular flexibility index (Phi) is 4.04. The van der Waals surface area contributed by atoms with Crippen LogP contribution >= 0.6 is 0 Å². The average molecular weight is 334 g/mol. The Bertz CT molecular complexity index is 816. The van der Waals surface area contributed by atoms with Crippen molar-refractivity contribution in [1.82, 2.24) is 20.0 Å². The van der Waals surface area contributed by atoms with Crippen LogP contribution < -0.4 is 0 Å². The van der Waals surface area contributed by atoms with E-state index in [4.69, 9.17) is 0 Å². The molecular weight excluding hydrogens is 318 g/mol. The summed E-state index contributed by atoms with van der Waals surface area (Å²) in [4.78, 5) is 27.4. The molecule has 1 aliphatic heterocycles. The lowest BCUT2D eigenvalue weighted by Gasteiger charge is -2.27. The lowest BCUT2D eigenvalue weighted by Crippen LogP contribution is -2.37. The molecule has 0 saturated carbocycles. The molecule has 126 valence electrons. The third-order valence-electron chi connectivity index (χ3n) is 3.99. The van der Waals surface area contributed by atoms with Crippen molar-refractivity contribution in [2.24, 2.45) is 0 Å². The van der Waals surface area contributed by atoms with Crippen molar-refractivity contribution in [3.05, 3.63) is 52.3 Å². The Morgan fingerprint density at radius 3 is 2.75 bits per heavy atom. The zero-order valence-corrected chi connectivity index (χ0v) is 13.3. The molecule has 0 bridgehead atoms. The molecule has 0 spiro atoms. The minimum absolute atomic E-state index is 0.121. The lowest BCUT2D eigenvalue weighted by atomic mass is 10.0. The van der Waals surface area contributed by atoms with Crippen molar-refractivity contribution < 1.29 is 18.4 Å². The standard InChI is InChI=1S/C16H16F2N4O2/c1-21(2)16(24)14-11-8-22(6-5-13(11)19-20-14)15(23)10-7-9(17)3-4-12(10)18/h3-4,7H,5-6,8H2,1-2H3,(H,19,20). The Balaban J connectivity index is 1.89. The molecule has 1 aromatic carbocycles. The number of carbonyl (C=O) groups is 2. The van der Waals surface area contributed by atoms with Gasteiger partial charge in [-0.15, -0.1) is 0 Å². The molecule has 1 N–H and O–H groups in total. The van der Waals surface area contributed by atoms with Gasteiger partial charge in [-0.3, -0.25) is 14.7 Å². The first-order chi connectivity index (χ1) is 11.4. The minimum Gasteiger partial charge on any atom is -0.343 e. The van der Waals surface area contributed by atoms with Crippen LogP contribution in [0.3, 0.4) is 0 Å². The van der Waals surface area contributed by atoms with E-state index < -0.39 is 17.5 Å². The van der Waals surface area contributed by atoms with Gasteiger partial charge in [-0.25, -0.2) is 8.78 Å². The van der Waals surface area contributed by atoms with Crippen molar-refractivity contribution in [2.75, 3.05) is 20.6 Å². The quantitative estimate of drug-likeness (QED) is 0.907. The highest BCUT2D eigenvalue weighted by Gasteiger charge is 2.29. The summed E-state index contributed by atoms with van der Waals surface area (Å²) in [6, 6.07) is 2.77. The normalized spacial score (nSPS) is 13.6. The fourth-order valence-electron chi connectivity index (χ4n) is 2.69. The SMILES string of the molecule is CN(C)C(=O)c1n[nH]c2c1CN(C(=O)c1cc(F)ccc1F)CC2. The van der Waals surface area contributed by atoms with Gasteiger partial charge in [0.2, 0.25) is 0 Å². The fraction of sp³-hybridized carbons (Fsp3) is 0.312. The van der Waals surface area contributed by atoms with Crippen molar-refractivity contribution in [3.63, 3.8) is 0 Å². The molecule has 0 unspecified atom stereocenters. The highest BCUT2D eigenvalue weighted by Crippen LogP contribution is 2.23. The summed E-state index contributed by atoms with van der Waals surface area (Å²) in [6.07, 6.45) is 0.464. The van der Waals surface area contributed by atoms with Crippen LogP contribution in [0.25, 0.3) is 0 Å².